The minimum Gasteiger partial charge on any atom is -0.337 e. The summed E-state index contributed by atoms with van der Waals surface area (Å²) in [6.07, 6.45) is 3.65. The normalized spacial score (nSPS) is 18.3. The molecule has 0 bridgehead atoms. The largest absolute Gasteiger partial charge is 0.337 e. The molecule has 6 heteroatoms. The maximum Gasteiger partial charge on any atom is 0.239 e. The van der Waals surface area contributed by atoms with E-state index in [9.17, 15) is 4.79 Å². The van der Waals surface area contributed by atoms with Gasteiger partial charge in [-0.1, -0.05) is 0 Å². The van der Waals surface area contributed by atoms with Gasteiger partial charge in [0.25, 0.3) is 0 Å². The van der Waals surface area contributed by atoms with Crippen molar-refractivity contribution in [1.82, 2.24) is 24.7 Å². The van der Waals surface area contributed by atoms with Crippen molar-refractivity contribution in [3.05, 3.63) is 18.2 Å². The fourth-order valence-corrected chi connectivity index (χ4v) is 2.38. The van der Waals surface area contributed by atoms with Crippen molar-refractivity contribution < 1.29 is 4.79 Å². The van der Waals surface area contributed by atoms with E-state index in [0.29, 0.717) is 6.54 Å². The minimum atomic E-state index is -0.0626. The Morgan fingerprint density at radius 2 is 2.21 bits per heavy atom. The van der Waals surface area contributed by atoms with Crippen LogP contribution in [0.1, 0.15) is 12.7 Å². The van der Waals surface area contributed by atoms with Gasteiger partial charge in [-0.3, -0.25) is 9.69 Å². The second-order valence-corrected chi connectivity index (χ2v) is 5.11. The van der Waals surface area contributed by atoms with Gasteiger partial charge in [0.1, 0.15) is 5.82 Å². The Kier molecular flexibility index (Phi) is 4.55. The van der Waals surface area contributed by atoms with Crippen molar-refractivity contribution in [2.24, 2.45) is 7.05 Å². The molecular formula is C13H23N5O. The molecule has 0 spiro atoms. The van der Waals surface area contributed by atoms with Crippen LogP contribution in [0.5, 0.6) is 0 Å². The van der Waals surface area contributed by atoms with E-state index in [2.05, 4.69) is 15.2 Å². The fourth-order valence-electron chi connectivity index (χ4n) is 2.38. The lowest BCUT2D eigenvalue weighted by Crippen LogP contribution is -2.52. The van der Waals surface area contributed by atoms with Crippen molar-refractivity contribution in [3.63, 3.8) is 0 Å². The lowest BCUT2D eigenvalue weighted by Gasteiger charge is -2.33. The highest BCUT2D eigenvalue weighted by Crippen LogP contribution is 2.07. The molecule has 0 aliphatic carbocycles. The number of nitrogens with zero attached hydrogens (tertiary/aromatic N) is 4. The number of aromatic nitrogens is 2. The van der Waals surface area contributed by atoms with Crippen LogP contribution in [0.25, 0.3) is 0 Å². The van der Waals surface area contributed by atoms with Crippen molar-refractivity contribution in [1.29, 1.82) is 0 Å². The molecule has 1 N–H and O–H groups in total. The Bertz CT molecular complexity index is 424. The van der Waals surface area contributed by atoms with E-state index < -0.39 is 0 Å². The summed E-state index contributed by atoms with van der Waals surface area (Å²) in [5, 5.41) is 3.30. The molecule has 106 valence electrons. The molecule has 1 atom stereocenters. The summed E-state index contributed by atoms with van der Waals surface area (Å²) in [7, 11) is 3.79. The van der Waals surface area contributed by atoms with Crippen LogP contribution < -0.4 is 5.32 Å². The number of piperazine rings is 1. The number of hydrogen-bond acceptors (Lipinski definition) is 4. The molecule has 0 aromatic carbocycles. The monoisotopic (exact) mass is 265 g/mol. The molecule has 1 saturated heterocycles. The maximum atomic E-state index is 12.4. The smallest absolute Gasteiger partial charge is 0.239 e. The molecule has 1 fully saturated rings. The third kappa shape index (κ3) is 3.33. The van der Waals surface area contributed by atoms with Crippen LogP contribution in [0, 0.1) is 0 Å². The molecule has 1 unspecified atom stereocenters. The highest BCUT2D eigenvalue weighted by atomic mass is 16.2. The maximum absolute atomic E-state index is 12.4. The lowest BCUT2D eigenvalue weighted by atomic mass is 10.2. The summed E-state index contributed by atoms with van der Waals surface area (Å²) in [6, 6.07) is -0.0626. The van der Waals surface area contributed by atoms with Crippen LogP contribution in [-0.2, 0) is 18.4 Å². The molecule has 0 radical (unpaired) electrons. The van der Waals surface area contributed by atoms with Crippen molar-refractivity contribution in [2.75, 3.05) is 33.2 Å². The average molecular weight is 265 g/mol. The van der Waals surface area contributed by atoms with Crippen LogP contribution in [0.2, 0.25) is 0 Å². The van der Waals surface area contributed by atoms with Crippen LogP contribution in [0.3, 0.4) is 0 Å². The molecular weight excluding hydrogens is 242 g/mol. The highest BCUT2D eigenvalue weighted by Gasteiger charge is 2.25. The van der Waals surface area contributed by atoms with Gasteiger partial charge in [0.05, 0.1) is 12.6 Å². The summed E-state index contributed by atoms with van der Waals surface area (Å²) >= 11 is 0. The summed E-state index contributed by atoms with van der Waals surface area (Å²) in [5.74, 6) is 1.06. The van der Waals surface area contributed by atoms with Gasteiger partial charge in [0.15, 0.2) is 0 Å². The van der Waals surface area contributed by atoms with E-state index in [1.165, 1.54) is 0 Å². The molecule has 0 saturated carbocycles. The zero-order valence-electron chi connectivity index (χ0n) is 12.0. The number of aryl methyl sites for hydroxylation is 1. The van der Waals surface area contributed by atoms with E-state index >= 15 is 0 Å². The summed E-state index contributed by atoms with van der Waals surface area (Å²) in [5.41, 5.74) is 0. The Balaban J connectivity index is 1.92. The zero-order chi connectivity index (χ0) is 13.8. The first-order valence-electron chi connectivity index (χ1n) is 6.75. The number of amides is 1. The Labute approximate surface area is 114 Å². The first kappa shape index (κ1) is 14.0. The predicted molar refractivity (Wildman–Crippen MR) is 73.6 cm³/mol. The summed E-state index contributed by atoms with van der Waals surface area (Å²) in [6.45, 7) is 6.33. The first-order valence-corrected chi connectivity index (χ1v) is 6.75. The molecule has 6 nitrogen and oxygen atoms in total. The number of hydrogen-bond donors (Lipinski definition) is 1. The molecule has 1 aromatic rings. The van der Waals surface area contributed by atoms with E-state index in [-0.39, 0.29) is 11.9 Å². The Hall–Kier alpha value is -1.40. The van der Waals surface area contributed by atoms with E-state index in [0.717, 1.165) is 32.0 Å². The van der Waals surface area contributed by atoms with Crippen LogP contribution in [0.4, 0.5) is 0 Å². The standard InChI is InChI=1S/C13H23N5O/c1-11(18-8-4-14-5-9-18)13(19)17(3)10-12-15-6-7-16(12)2/h6-7,11,14H,4-5,8-10H2,1-3H3. The SMILES string of the molecule is CC(C(=O)N(C)Cc1nccn1C)N1CCNCC1. The molecule has 1 aliphatic heterocycles. The van der Waals surface area contributed by atoms with E-state index in [1.807, 2.05) is 31.8 Å². The van der Waals surface area contributed by atoms with Gasteiger partial charge in [-0.2, -0.15) is 0 Å². The summed E-state index contributed by atoms with van der Waals surface area (Å²) < 4.78 is 1.94. The van der Waals surface area contributed by atoms with E-state index in [4.69, 9.17) is 0 Å². The fraction of sp³-hybridized carbons (Fsp3) is 0.692. The Morgan fingerprint density at radius 1 is 1.53 bits per heavy atom. The van der Waals surface area contributed by atoms with Gasteiger partial charge >= 0.3 is 0 Å². The molecule has 2 heterocycles. The number of carbonyl (C=O) groups excluding carboxylic acids is 1. The Morgan fingerprint density at radius 3 is 2.79 bits per heavy atom. The number of rotatable bonds is 4. The van der Waals surface area contributed by atoms with Crippen LogP contribution in [-0.4, -0.2) is 64.5 Å². The van der Waals surface area contributed by atoms with E-state index in [1.54, 1.807) is 11.1 Å². The van der Waals surface area contributed by atoms with Gasteiger partial charge in [0.2, 0.25) is 5.91 Å². The third-order valence-electron chi connectivity index (χ3n) is 3.73. The quantitative estimate of drug-likeness (QED) is 0.810. The van der Waals surface area contributed by atoms with Crippen molar-refractivity contribution in [3.8, 4) is 0 Å². The minimum absolute atomic E-state index is 0.0626. The predicted octanol–water partition coefficient (Wildman–Crippen LogP) is -0.328. The average Bonchev–Trinajstić information content (AvgIpc) is 2.83. The number of nitrogens with one attached hydrogen (secondary N) is 1. The van der Waals surface area contributed by atoms with Crippen molar-refractivity contribution >= 4 is 5.91 Å². The topological polar surface area (TPSA) is 53.4 Å². The van der Waals surface area contributed by atoms with Gasteiger partial charge in [-0.25, -0.2) is 4.98 Å². The van der Waals surface area contributed by atoms with Gasteiger partial charge in [0, 0.05) is 52.7 Å². The number of imidazole rings is 1. The van der Waals surface area contributed by atoms with Crippen LogP contribution >= 0.6 is 0 Å². The second-order valence-electron chi connectivity index (χ2n) is 5.11. The molecule has 1 aliphatic rings. The first-order chi connectivity index (χ1) is 9.09. The number of carbonyl (C=O) groups is 1. The zero-order valence-corrected chi connectivity index (χ0v) is 12.0. The van der Waals surface area contributed by atoms with Crippen molar-refractivity contribution in [2.45, 2.75) is 19.5 Å². The molecule has 2 rings (SSSR count). The summed E-state index contributed by atoms with van der Waals surface area (Å²) in [4.78, 5) is 20.7. The molecule has 1 amide bonds. The molecule has 1 aromatic heterocycles. The molecule has 19 heavy (non-hydrogen) atoms. The van der Waals surface area contributed by atoms with Gasteiger partial charge in [-0.15, -0.1) is 0 Å². The third-order valence-corrected chi connectivity index (χ3v) is 3.73. The number of likely N-dealkylation sites (N-methyl/N-ethyl adjacent to an activating group) is 1. The second kappa shape index (κ2) is 6.16. The lowest BCUT2D eigenvalue weighted by molar-refractivity contribution is -0.136. The van der Waals surface area contributed by atoms with Gasteiger partial charge in [-0.05, 0) is 6.92 Å². The van der Waals surface area contributed by atoms with Crippen LogP contribution in [0.15, 0.2) is 12.4 Å². The highest BCUT2D eigenvalue weighted by molar-refractivity contribution is 5.81. The van der Waals surface area contributed by atoms with Gasteiger partial charge < -0.3 is 14.8 Å².